The van der Waals surface area contributed by atoms with Crippen LogP contribution in [-0.4, -0.2) is 18.9 Å². The van der Waals surface area contributed by atoms with Crippen LogP contribution in [0.25, 0.3) is 0 Å². The van der Waals surface area contributed by atoms with Crippen molar-refractivity contribution in [1.29, 1.82) is 0 Å². The molecule has 0 saturated heterocycles. The van der Waals surface area contributed by atoms with Crippen molar-refractivity contribution in [1.82, 2.24) is 4.98 Å². The predicted molar refractivity (Wildman–Crippen MR) is 47.2 cm³/mol. The summed E-state index contributed by atoms with van der Waals surface area (Å²) in [6, 6.07) is 0.729. The first-order valence-electron chi connectivity index (χ1n) is 3.60. The van der Waals surface area contributed by atoms with Gasteiger partial charge < -0.3 is 0 Å². The summed E-state index contributed by atoms with van der Waals surface area (Å²) in [4.78, 5) is 2.49. The number of nitrogens with zero attached hydrogens (tertiary/aromatic N) is 1. The number of rotatable bonds is 1. The molecule has 0 fully saturated rings. The predicted octanol–water partition coefficient (Wildman–Crippen LogP) is 2.34. The highest BCUT2D eigenvalue weighted by Gasteiger charge is 2.47. The zero-order chi connectivity index (χ0) is 11.9. The Kier molecular flexibility index (Phi) is 2.97. The number of aryl methyl sites for hydroxylation is 1. The summed E-state index contributed by atoms with van der Waals surface area (Å²) in [6.45, 7) is 1.45. The highest BCUT2D eigenvalue weighted by Crippen LogP contribution is 2.31. The van der Waals surface area contributed by atoms with E-state index in [1.165, 1.54) is 6.92 Å². The first-order chi connectivity index (χ1) is 6.66. The smallest absolute Gasteiger partial charge is 0.259 e. The lowest BCUT2D eigenvalue weighted by Crippen LogP contribution is -2.23. The van der Waals surface area contributed by atoms with E-state index < -0.39 is 20.2 Å². The van der Waals surface area contributed by atoms with Crippen molar-refractivity contribution in [3.05, 3.63) is 23.0 Å². The second kappa shape index (κ2) is 3.64. The Balaban J connectivity index is 3.36. The second-order valence-corrected chi connectivity index (χ2v) is 5.04. The molecule has 1 heterocycles. The molecule has 8 heteroatoms. The first kappa shape index (κ1) is 12.3. The molecule has 1 rings (SSSR count). The Labute approximate surface area is 88.8 Å². The molecule has 0 spiro atoms. The standard InChI is InChI=1S/C7H5ClF3NO2S/c1-4-6(8)2-5(3-12-4)15(13,14)7(9,10)11/h2-3H,1H3. The van der Waals surface area contributed by atoms with Gasteiger partial charge in [-0.05, 0) is 13.0 Å². The molecule has 1 aromatic heterocycles. The van der Waals surface area contributed by atoms with Gasteiger partial charge >= 0.3 is 5.51 Å². The molecule has 1 aromatic rings. The van der Waals surface area contributed by atoms with E-state index in [4.69, 9.17) is 11.6 Å². The van der Waals surface area contributed by atoms with Gasteiger partial charge in [-0.25, -0.2) is 8.42 Å². The van der Waals surface area contributed by atoms with Crippen LogP contribution in [0.15, 0.2) is 17.2 Å². The van der Waals surface area contributed by atoms with E-state index in [0.29, 0.717) is 6.20 Å². The molecular weight excluding hydrogens is 255 g/mol. The monoisotopic (exact) mass is 259 g/mol. The summed E-state index contributed by atoms with van der Waals surface area (Å²) in [5.74, 6) is 0. The number of hydrogen-bond donors (Lipinski definition) is 0. The van der Waals surface area contributed by atoms with E-state index in [0.717, 1.165) is 6.07 Å². The van der Waals surface area contributed by atoms with Gasteiger partial charge in [-0.1, -0.05) is 11.6 Å². The van der Waals surface area contributed by atoms with E-state index >= 15 is 0 Å². The van der Waals surface area contributed by atoms with E-state index in [2.05, 4.69) is 4.98 Å². The largest absolute Gasteiger partial charge is 0.501 e. The molecule has 0 aliphatic carbocycles. The molecule has 15 heavy (non-hydrogen) atoms. The van der Waals surface area contributed by atoms with Crippen molar-refractivity contribution in [3.8, 4) is 0 Å². The topological polar surface area (TPSA) is 47.0 Å². The van der Waals surface area contributed by atoms with Crippen LogP contribution in [0.2, 0.25) is 5.02 Å². The third kappa shape index (κ3) is 2.23. The molecule has 0 unspecified atom stereocenters. The molecule has 0 N–H and O–H groups in total. The Morgan fingerprint density at radius 2 is 1.93 bits per heavy atom. The zero-order valence-corrected chi connectivity index (χ0v) is 8.91. The van der Waals surface area contributed by atoms with Crippen molar-refractivity contribution in [2.75, 3.05) is 0 Å². The maximum absolute atomic E-state index is 12.1. The number of pyridine rings is 1. The maximum Gasteiger partial charge on any atom is 0.501 e. The quantitative estimate of drug-likeness (QED) is 0.778. The zero-order valence-electron chi connectivity index (χ0n) is 7.34. The molecular formula is C7H5ClF3NO2S. The van der Waals surface area contributed by atoms with Crippen molar-refractivity contribution >= 4 is 21.4 Å². The van der Waals surface area contributed by atoms with Crippen LogP contribution in [0.5, 0.6) is 0 Å². The van der Waals surface area contributed by atoms with E-state index in [1.807, 2.05) is 0 Å². The molecule has 84 valence electrons. The SMILES string of the molecule is Cc1ncc(S(=O)(=O)C(F)(F)F)cc1Cl. The molecule has 0 atom stereocenters. The number of aromatic nitrogens is 1. The number of alkyl halides is 3. The van der Waals surface area contributed by atoms with E-state index in [9.17, 15) is 21.6 Å². The van der Waals surface area contributed by atoms with Crippen molar-refractivity contribution in [2.45, 2.75) is 17.3 Å². The first-order valence-corrected chi connectivity index (χ1v) is 5.46. The maximum atomic E-state index is 12.1. The number of halogens is 4. The van der Waals surface area contributed by atoms with E-state index in [1.54, 1.807) is 0 Å². The lowest BCUT2D eigenvalue weighted by molar-refractivity contribution is -0.0436. The average molecular weight is 260 g/mol. The Bertz CT molecular complexity index is 483. The van der Waals surface area contributed by atoms with Gasteiger partial charge in [0.05, 0.1) is 15.6 Å². The van der Waals surface area contributed by atoms with E-state index in [-0.39, 0.29) is 10.7 Å². The fraction of sp³-hybridized carbons (Fsp3) is 0.286. The van der Waals surface area contributed by atoms with Crippen LogP contribution < -0.4 is 0 Å². The minimum Gasteiger partial charge on any atom is -0.259 e. The molecule has 3 nitrogen and oxygen atoms in total. The summed E-state index contributed by atoms with van der Waals surface area (Å²) in [5, 5.41) is -0.125. The van der Waals surface area contributed by atoms with Gasteiger partial charge in [-0.2, -0.15) is 13.2 Å². The molecule has 0 aliphatic rings. The summed E-state index contributed by atoms with van der Waals surface area (Å²) in [7, 11) is -5.36. The van der Waals surface area contributed by atoms with Gasteiger partial charge in [-0.3, -0.25) is 4.98 Å². The Hall–Kier alpha value is -0.820. The van der Waals surface area contributed by atoms with Gasteiger partial charge in [0.25, 0.3) is 9.84 Å². The van der Waals surface area contributed by atoms with Crippen LogP contribution in [0.4, 0.5) is 13.2 Å². The van der Waals surface area contributed by atoms with Crippen LogP contribution >= 0.6 is 11.6 Å². The minimum absolute atomic E-state index is 0.125. The molecule has 0 aliphatic heterocycles. The summed E-state index contributed by atoms with van der Waals surface area (Å²) in [5.41, 5.74) is -5.08. The van der Waals surface area contributed by atoms with Gasteiger partial charge in [0.1, 0.15) is 0 Å². The van der Waals surface area contributed by atoms with Crippen LogP contribution in [0, 0.1) is 6.92 Å². The summed E-state index contributed by atoms with van der Waals surface area (Å²) >= 11 is 5.48. The molecule has 0 bridgehead atoms. The molecule has 0 amide bonds. The van der Waals surface area contributed by atoms with Crippen molar-refractivity contribution in [3.63, 3.8) is 0 Å². The van der Waals surface area contributed by atoms with Gasteiger partial charge in [0, 0.05) is 6.20 Å². The van der Waals surface area contributed by atoms with Gasteiger partial charge in [-0.15, -0.1) is 0 Å². The summed E-state index contributed by atoms with van der Waals surface area (Å²) in [6.07, 6.45) is 0.629. The second-order valence-electron chi connectivity index (χ2n) is 2.69. The fourth-order valence-corrected chi connectivity index (χ4v) is 1.73. The van der Waals surface area contributed by atoms with Crippen LogP contribution in [-0.2, 0) is 9.84 Å². The number of sulfone groups is 1. The lowest BCUT2D eigenvalue weighted by Gasteiger charge is -2.08. The highest BCUT2D eigenvalue weighted by molar-refractivity contribution is 7.92. The average Bonchev–Trinajstić information content (AvgIpc) is 2.07. The van der Waals surface area contributed by atoms with Crippen LogP contribution in [0.1, 0.15) is 5.69 Å². The van der Waals surface area contributed by atoms with Crippen LogP contribution in [0.3, 0.4) is 0 Å². The van der Waals surface area contributed by atoms with Gasteiger partial charge in [0.2, 0.25) is 0 Å². The Morgan fingerprint density at radius 1 is 1.40 bits per heavy atom. The fourth-order valence-electron chi connectivity index (χ4n) is 0.769. The molecule has 0 saturated carbocycles. The Morgan fingerprint density at radius 3 is 2.33 bits per heavy atom. The van der Waals surface area contributed by atoms with Gasteiger partial charge in [0.15, 0.2) is 0 Å². The third-order valence-electron chi connectivity index (χ3n) is 1.62. The van der Waals surface area contributed by atoms with Crippen molar-refractivity contribution in [2.24, 2.45) is 0 Å². The normalized spacial score (nSPS) is 12.9. The third-order valence-corrected chi connectivity index (χ3v) is 3.45. The minimum atomic E-state index is -5.36. The van der Waals surface area contributed by atoms with Crippen molar-refractivity contribution < 1.29 is 21.6 Å². The lowest BCUT2D eigenvalue weighted by atomic mass is 10.4. The molecule has 0 aromatic carbocycles. The number of hydrogen-bond acceptors (Lipinski definition) is 3. The molecule has 0 radical (unpaired) electrons. The highest BCUT2D eigenvalue weighted by atomic mass is 35.5. The summed E-state index contributed by atoms with van der Waals surface area (Å²) < 4.78 is 58.1.